The summed E-state index contributed by atoms with van der Waals surface area (Å²) in [5.41, 5.74) is 2.53. The number of rotatable bonds is 6. The normalized spacial score (nSPS) is 14.9. The van der Waals surface area contributed by atoms with Gasteiger partial charge in [-0.05, 0) is 65.7 Å². The lowest BCUT2D eigenvalue weighted by Crippen LogP contribution is -2.19. The van der Waals surface area contributed by atoms with Crippen molar-refractivity contribution in [3.05, 3.63) is 45.4 Å². The Kier molecular flexibility index (Phi) is 5.02. The Morgan fingerprint density at radius 1 is 1.30 bits per heavy atom. The lowest BCUT2D eigenvalue weighted by Gasteiger charge is -2.15. The Hall–Kier alpha value is -2.17. The standard InChI is InChI=1S/C19H18BrClN6/c1-11(13-4-5-13)23-17-16-18(25-15(10-22)24-17)26-19(20)27(16)9-8-12-2-6-14(21)7-3-12/h2-3,6-7,11,13H,4-5,8-9H2,1H3,(H,23,24,25)/t11-/m1/s1. The van der Waals surface area contributed by atoms with Crippen LogP contribution in [0.2, 0.25) is 5.02 Å². The van der Waals surface area contributed by atoms with Gasteiger partial charge in [0.25, 0.3) is 0 Å². The number of fused-ring (bicyclic) bond motifs is 1. The second-order valence-electron chi connectivity index (χ2n) is 6.86. The highest BCUT2D eigenvalue weighted by Gasteiger charge is 2.29. The minimum atomic E-state index is 0.128. The van der Waals surface area contributed by atoms with E-state index in [1.54, 1.807) is 0 Å². The molecule has 0 saturated heterocycles. The fourth-order valence-electron chi connectivity index (χ4n) is 3.19. The highest BCUT2D eigenvalue weighted by molar-refractivity contribution is 9.10. The van der Waals surface area contributed by atoms with E-state index in [-0.39, 0.29) is 5.82 Å². The molecule has 2 heterocycles. The van der Waals surface area contributed by atoms with Crippen molar-refractivity contribution in [2.45, 2.75) is 38.8 Å². The molecular formula is C19H18BrClN6. The summed E-state index contributed by atoms with van der Waals surface area (Å²) >= 11 is 9.50. The molecule has 1 aliphatic rings. The van der Waals surface area contributed by atoms with Crippen LogP contribution in [-0.4, -0.2) is 25.6 Å². The van der Waals surface area contributed by atoms with Gasteiger partial charge in [-0.2, -0.15) is 15.2 Å². The number of hydrogen-bond donors (Lipinski definition) is 1. The summed E-state index contributed by atoms with van der Waals surface area (Å²) in [6.45, 7) is 2.86. The maximum Gasteiger partial charge on any atom is 0.236 e. The van der Waals surface area contributed by atoms with E-state index < -0.39 is 0 Å². The minimum Gasteiger partial charge on any atom is -0.365 e. The van der Waals surface area contributed by atoms with E-state index in [1.165, 1.54) is 18.4 Å². The molecule has 0 aliphatic heterocycles. The monoisotopic (exact) mass is 444 g/mol. The summed E-state index contributed by atoms with van der Waals surface area (Å²) in [7, 11) is 0. The molecule has 1 fully saturated rings. The van der Waals surface area contributed by atoms with E-state index >= 15 is 0 Å². The van der Waals surface area contributed by atoms with Crippen LogP contribution in [0, 0.1) is 17.2 Å². The van der Waals surface area contributed by atoms with Gasteiger partial charge in [-0.25, -0.2) is 4.98 Å². The Morgan fingerprint density at radius 3 is 2.70 bits per heavy atom. The molecule has 0 unspecified atom stereocenters. The largest absolute Gasteiger partial charge is 0.365 e. The van der Waals surface area contributed by atoms with Crippen LogP contribution in [0.25, 0.3) is 11.2 Å². The third kappa shape index (κ3) is 3.92. The van der Waals surface area contributed by atoms with Crippen molar-refractivity contribution < 1.29 is 0 Å². The number of imidazole rings is 1. The maximum atomic E-state index is 9.27. The molecule has 1 atom stereocenters. The first-order valence-electron chi connectivity index (χ1n) is 8.90. The average molecular weight is 446 g/mol. The molecule has 3 aromatic rings. The number of anilines is 1. The van der Waals surface area contributed by atoms with Crippen LogP contribution >= 0.6 is 27.5 Å². The van der Waals surface area contributed by atoms with E-state index in [0.29, 0.717) is 34.7 Å². The number of hydrogen-bond acceptors (Lipinski definition) is 5. The molecule has 8 heteroatoms. The van der Waals surface area contributed by atoms with E-state index in [9.17, 15) is 5.26 Å². The molecule has 27 heavy (non-hydrogen) atoms. The van der Waals surface area contributed by atoms with Crippen molar-refractivity contribution in [3.63, 3.8) is 0 Å². The molecule has 1 saturated carbocycles. The van der Waals surface area contributed by atoms with Crippen LogP contribution in [0.4, 0.5) is 5.82 Å². The molecule has 1 N–H and O–H groups in total. The predicted molar refractivity (Wildman–Crippen MR) is 109 cm³/mol. The summed E-state index contributed by atoms with van der Waals surface area (Å²) in [6.07, 6.45) is 3.28. The summed E-state index contributed by atoms with van der Waals surface area (Å²) in [5.74, 6) is 1.46. The Balaban J connectivity index is 1.69. The third-order valence-corrected chi connectivity index (χ3v) is 5.74. The second kappa shape index (κ2) is 7.45. The van der Waals surface area contributed by atoms with Gasteiger partial charge >= 0.3 is 0 Å². The van der Waals surface area contributed by atoms with Crippen molar-refractivity contribution in [1.29, 1.82) is 5.26 Å². The fourth-order valence-corrected chi connectivity index (χ4v) is 3.83. The highest BCUT2D eigenvalue weighted by Crippen LogP contribution is 2.35. The van der Waals surface area contributed by atoms with Crippen LogP contribution in [0.15, 0.2) is 29.0 Å². The molecule has 0 spiro atoms. The van der Waals surface area contributed by atoms with Crippen LogP contribution in [0.3, 0.4) is 0 Å². The number of nitrogens with one attached hydrogen (secondary N) is 1. The van der Waals surface area contributed by atoms with E-state index in [4.69, 9.17) is 11.6 Å². The van der Waals surface area contributed by atoms with Gasteiger partial charge in [-0.15, -0.1) is 0 Å². The summed E-state index contributed by atoms with van der Waals surface area (Å²) < 4.78 is 2.73. The number of nitriles is 1. The van der Waals surface area contributed by atoms with E-state index in [1.807, 2.05) is 34.9 Å². The average Bonchev–Trinajstić information content (AvgIpc) is 3.45. The van der Waals surface area contributed by atoms with Crippen molar-refractivity contribution >= 4 is 44.5 Å². The fraction of sp³-hybridized carbons (Fsp3) is 0.368. The van der Waals surface area contributed by atoms with Gasteiger partial charge in [0.2, 0.25) is 5.82 Å². The first-order valence-corrected chi connectivity index (χ1v) is 10.1. The molecule has 1 aromatic carbocycles. The number of benzene rings is 1. The molecule has 0 bridgehead atoms. The van der Waals surface area contributed by atoms with Gasteiger partial charge in [0, 0.05) is 17.6 Å². The highest BCUT2D eigenvalue weighted by atomic mass is 79.9. The number of nitrogens with zero attached hydrogens (tertiary/aromatic N) is 5. The lowest BCUT2D eigenvalue weighted by molar-refractivity contribution is 0.682. The van der Waals surface area contributed by atoms with E-state index in [0.717, 1.165) is 17.0 Å². The topological polar surface area (TPSA) is 79.4 Å². The van der Waals surface area contributed by atoms with Crippen LogP contribution in [-0.2, 0) is 13.0 Å². The molecule has 6 nitrogen and oxygen atoms in total. The number of halogens is 2. The Bertz CT molecular complexity index is 1020. The molecule has 1 aliphatic carbocycles. The first kappa shape index (κ1) is 18.2. The van der Waals surface area contributed by atoms with Crippen LogP contribution < -0.4 is 5.32 Å². The SMILES string of the molecule is C[C@@H](Nc1nc(C#N)nc2nc(Br)n(CCc3ccc(Cl)cc3)c12)C1CC1. The molecule has 4 rings (SSSR count). The van der Waals surface area contributed by atoms with Crippen LogP contribution in [0.5, 0.6) is 0 Å². The lowest BCUT2D eigenvalue weighted by atomic mass is 10.1. The second-order valence-corrected chi connectivity index (χ2v) is 8.00. The molecule has 2 aromatic heterocycles. The van der Waals surface area contributed by atoms with Crippen LogP contribution in [0.1, 0.15) is 31.2 Å². The summed E-state index contributed by atoms with van der Waals surface area (Å²) in [6, 6.07) is 10.2. The van der Waals surface area contributed by atoms with Gasteiger partial charge in [0.15, 0.2) is 16.2 Å². The molecule has 0 amide bonds. The molecular weight excluding hydrogens is 428 g/mol. The van der Waals surface area contributed by atoms with Crippen molar-refractivity contribution in [3.8, 4) is 6.07 Å². The quantitative estimate of drug-likeness (QED) is 0.562. The predicted octanol–water partition coefficient (Wildman–Crippen LogP) is 4.57. The Morgan fingerprint density at radius 2 is 2.04 bits per heavy atom. The van der Waals surface area contributed by atoms with Crippen molar-refractivity contribution in [2.75, 3.05) is 5.32 Å². The zero-order valence-corrected chi connectivity index (χ0v) is 17.1. The first-order chi connectivity index (χ1) is 13.0. The zero-order chi connectivity index (χ0) is 19.0. The molecule has 0 radical (unpaired) electrons. The van der Waals surface area contributed by atoms with Gasteiger partial charge in [0.05, 0.1) is 0 Å². The summed E-state index contributed by atoms with van der Waals surface area (Å²) in [5, 5.41) is 13.5. The van der Waals surface area contributed by atoms with E-state index in [2.05, 4.69) is 43.1 Å². The summed E-state index contributed by atoms with van der Waals surface area (Å²) in [4.78, 5) is 13.2. The minimum absolute atomic E-state index is 0.128. The van der Waals surface area contributed by atoms with Gasteiger partial charge < -0.3 is 9.88 Å². The number of aromatic nitrogens is 4. The third-order valence-electron chi connectivity index (χ3n) is 4.89. The van der Waals surface area contributed by atoms with Crippen molar-refractivity contribution in [2.24, 2.45) is 5.92 Å². The maximum absolute atomic E-state index is 9.27. The van der Waals surface area contributed by atoms with Gasteiger partial charge in [0.1, 0.15) is 11.6 Å². The zero-order valence-electron chi connectivity index (χ0n) is 14.8. The van der Waals surface area contributed by atoms with Crippen molar-refractivity contribution in [1.82, 2.24) is 19.5 Å². The molecule has 138 valence electrons. The Labute approximate surface area is 170 Å². The van der Waals surface area contributed by atoms with Gasteiger partial charge in [-0.3, -0.25) is 0 Å². The van der Waals surface area contributed by atoms with Gasteiger partial charge in [-0.1, -0.05) is 23.7 Å². The smallest absolute Gasteiger partial charge is 0.236 e. The number of aryl methyl sites for hydroxylation is 2.